The molecule has 0 amide bonds. The number of hydrogen-bond donors (Lipinski definition) is 2. The molecule has 0 unspecified atom stereocenters. The third-order valence-electron chi connectivity index (χ3n) is 3.76. The van der Waals surface area contributed by atoms with E-state index in [-0.39, 0.29) is 16.6 Å². The highest BCUT2D eigenvalue weighted by Crippen LogP contribution is 2.48. The lowest BCUT2D eigenvalue weighted by Crippen LogP contribution is -2.12. The molecule has 0 aromatic carbocycles. The van der Waals surface area contributed by atoms with Crippen molar-refractivity contribution in [1.82, 2.24) is 4.98 Å². The van der Waals surface area contributed by atoms with Gasteiger partial charge in [-0.3, -0.25) is 0 Å². The molecule has 1 heterocycles. The molecule has 0 atom stereocenters. The number of allylic oxidation sites excluding steroid dienone is 1. The normalized spacial score (nSPS) is 16.7. The summed E-state index contributed by atoms with van der Waals surface area (Å²) >= 11 is 5.76. The quantitative estimate of drug-likeness (QED) is 0.456. The summed E-state index contributed by atoms with van der Waals surface area (Å²) in [5.41, 5.74) is 5.99. The van der Waals surface area contributed by atoms with Crippen LogP contribution >= 0.6 is 11.6 Å². The predicted octanol–water partition coefficient (Wildman–Crippen LogP) is 3.14. The molecule has 2 rings (SSSR count). The van der Waals surface area contributed by atoms with Gasteiger partial charge in [0.2, 0.25) is 0 Å². The Bertz CT molecular complexity index is 624. The van der Waals surface area contributed by atoms with Crippen LogP contribution in [0.1, 0.15) is 36.5 Å². The van der Waals surface area contributed by atoms with Crippen molar-refractivity contribution in [2.45, 2.75) is 26.2 Å². The van der Waals surface area contributed by atoms with Crippen molar-refractivity contribution in [2.24, 2.45) is 16.1 Å². The van der Waals surface area contributed by atoms with E-state index in [1.54, 1.807) is 0 Å². The van der Waals surface area contributed by atoms with Gasteiger partial charge in [-0.15, -0.1) is 0 Å². The lowest BCUT2D eigenvalue weighted by Gasteiger charge is -2.13. The Hall–Kier alpha value is -2.08. The van der Waals surface area contributed by atoms with Crippen molar-refractivity contribution >= 4 is 29.6 Å². The number of aromatic nitrogens is 1. The van der Waals surface area contributed by atoms with E-state index < -0.39 is 5.97 Å². The van der Waals surface area contributed by atoms with Crippen molar-refractivity contribution in [3.63, 3.8) is 0 Å². The summed E-state index contributed by atoms with van der Waals surface area (Å²) in [6, 6.07) is 2.82. The minimum absolute atomic E-state index is 0.0618. The molecule has 0 aliphatic heterocycles. The Balaban J connectivity index is 1.92. The number of rotatable bonds is 7. The minimum atomic E-state index is -1.13. The Morgan fingerprint density at radius 2 is 2.32 bits per heavy atom. The van der Waals surface area contributed by atoms with Crippen molar-refractivity contribution < 1.29 is 14.6 Å². The third-order valence-corrected chi connectivity index (χ3v) is 4.05. The molecule has 1 aliphatic carbocycles. The number of carboxylic acids is 1. The van der Waals surface area contributed by atoms with E-state index in [0.29, 0.717) is 17.8 Å². The Kier molecular flexibility index (Phi) is 5.03. The summed E-state index contributed by atoms with van der Waals surface area (Å²) < 4.78 is 5.50. The summed E-state index contributed by atoms with van der Waals surface area (Å²) in [4.78, 5) is 18.7. The highest BCUT2D eigenvalue weighted by atomic mass is 35.5. The molecule has 22 heavy (non-hydrogen) atoms. The predicted molar refractivity (Wildman–Crippen MR) is 84.5 cm³/mol. The van der Waals surface area contributed by atoms with E-state index in [1.165, 1.54) is 37.3 Å². The third kappa shape index (κ3) is 4.21. The van der Waals surface area contributed by atoms with Gasteiger partial charge >= 0.3 is 5.97 Å². The minimum Gasteiger partial charge on any atom is -0.479 e. The SMILES string of the molecule is CCC1(COC(N)=CC=Nc2ccc(C(=O)O)c(Cl)n2)CC1. The van der Waals surface area contributed by atoms with Crippen LogP contribution in [0.2, 0.25) is 5.15 Å². The standard InChI is InChI=1S/C15H18ClN3O3/c1-2-15(6-7-15)9-22-11(17)5-8-18-12-4-3-10(14(20)21)13(16)19-12/h3-5,8H,2,6-7,9,17H2,1H3,(H,20,21). The summed E-state index contributed by atoms with van der Waals surface area (Å²) in [6.45, 7) is 2.77. The zero-order valence-corrected chi connectivity index (χ0v) is 13.0. The lowest BCUT2D eigenvalue weighted by molar-refractivity contribution is 0.0696. The molecule has 1 aromatic rings. The molecule has 3 N–H and O–H groups in total. The number of hydrogen-bond acceptors (Lipinski definition) is 5. The first kappa shape index (κ1) is 16.3. The molecule has 0 radical (unpaired) electrons. The Morgan fingerprint density at radius 1 is 1.59 bits per heavy atom. The first-order valence-corrected chi connectivity index (χ1v) is 7.36. The molecule has 1 aliphatic rings. The fourth-order valence-corrected chi connectivity index (χ4v) is 2.13. The van der Waals surface area contributed by atoms with Crippen LogP contribution in [0.25, 0.3) is 0 Å². The topological polar surface area (TPSA) is 97.8 Å². The number of aliphatic imine (C=N–C) groups is 1. The highest BCUT2D eigenvalue weighted by Gasteiger charge is 2.41. The molecule has 0 bridgehead atoms. The smallest absolute Gasteiger partial charge is 0.338 e. The molecule has 1 aromatic heterocycles. The fraction of sp³-hybridized carbons (Fsp3) is 0.400. The summed E-state index contributed by atoms with van der Waals surface area (Å²) in [6.07, 6.45) is 6.44. The summed E-state index contributed by atoms with van der Waals surface area (Å²) in [7, 11) is 0. The van der Waals surface area contributed by atoms with Gasteiger partial charge in [0.1, 0.15) is 5.15 Å². The number of aromatic carboxylic acids is 1. The number of carboxylic acid groups (broad SMARTS) is 1. The van der Waals surface area contributed by atoms with E-state index in [9.17, 15) is 4.79 Å². The second-order valence-corrected chi connectivity index (χ2v) is 5.66. The van der Waals surface area contributed by atoms with Crippen LogP contribution in [0.15, 0.2) is 29.1 Å². The second kappa shape index (κ2) is 6.79. The van der Waals surface area contributed by atoms with Crippen LogP contribution in [0.3, 0.4) is 0 Å². The zero-order valence-electron chi connectivity index (χ0n) is 12.3. The molecular weight excluding hydrogens is 306 g/mol. The van der Waals surface area contributed by atoms with Crippen LogP contribution in [0.5, 0.6) is 0 Å². The van der Waals surface area contributed by atoms with Crippen LogP contribution in [0.4, 0.5) is 5.82 Å². The van der Waals surface area contributed by atoms with Crippen molar-refractivity contribution in [2.75, 3.05) is 6.61 Å². The number of nitrogens with two attached hydrogens (primary N) is 1. The largest absolute Gasteiger partial charge is 0.479 e. The Morgan fingerprint density at radius 3 is 2.86 bits per heavy atom. The Labute approximate surface area is 133 Å². The lowest BCUT2D eigenvalue weighted by atomic mass is 10.1. The maximum Gasteiger partial charge on any atom is 0.338 e. The van der Waals surface area contributed by atoms with Gasteiger partial charge in [-0.25, -0.2) is 14.8 Å². The summed E-state index contributed by atoms with van der Waals surface area (Å²) in [5.74, 6) is -0.543. The average molecular weight is 324 g/mol. The van der Waals surface area contributed by atoms with Crippen LogP contribution in [-0.2, 0) is 4.74 Å². The van der Waals surface area contributed by atoms with Gasteiger partial charge in [-0.2, -0.15) is 0 Å². The number of nitrogens with zero attached hydrogens (tertiary/aromatic N) is 2. The van der Waals surface area contributed by atoms with Gasteiger partial charge < -0.3 is 15.6 Å². The molecule has 0 saturated heterocycles. The van der Waals surface area contributed by atoms with E-state index in [2.05, 4.69) is 16.9 Å². The van der Waals surface area contributed by atoms with Crippen molar-refractivity contribution in [3.05, 3.63) is 34.8 Å². The maximum atomic E-state index is 10.8. The van der Waals surface area contributed by atoms with Gasteiger partial charge in [-0.1, -0.05) is 18.5 Å². The van der Waals surface area contributed by atoms with Crippen LogP contribution in [-0.4, -0.2) is 28.9 Å². The molecular formula is C15H18ClN3O3. The van der Waals surface area contributed by atoms with Gasteiger partial charge in [-0.05, 0) is 31.4 Å². The van der Waals surface area contributed by atoms with Crippen molar-refractivity contribution in [3.8, 4) is 0 Å². The fourth-order valence-electron chi connectivity index (χ4n) is 1.90. The molecule has 6 nitrogen and oxygen atoms in total. The van der Waals surface area contributed by atoms with E-state index in [4.69, 9.17) is 27.2 Å². The van der Waals surface area contributed by atoms with Crippen LogP contribution < -0.4 is 5.73 Å². The van der Waals surface area contributed by atoms with Gasteiger partial charge in [0.15, 0.2) is 11.7 Å². The van der Waals surface area contributed by atoms with E-state index in [0.717, 1.165) is 6.42 Å². The molecule has 118 valence electrons. The molecule has 7 heteroatoms. The zero-order chi connectivity index (χ0) is 16.2. The number of carbonyl (C=O) groups is 1. The van der Waals surface area contributed by atoms with E-state index >= 15 is 0 Å². The average Bonchev–Trinajstić information content (AvgIpc) is 3.25. The van der Waals surface area contributed by atoms with Crippen LogP contribution in [0, 0.1) is 5.41 Å². The number of pyridine rings is 1. The monoisotopic (exact) mass is 323 g/mol. The summed E-state index contributed by atoms with van der Waals surface area (Å²) in [5, 5.41) is 8.75. The van der Waals surface area contributed by atoms with Crippen molar-refractivity contribution in [1.29, 1.82) is 0 Å². The van der Waals surface area contributed by atoms with Gasteiger partial charge in [0.25, 0.3) is 0 Å². The first-order valence-electron chi connectivity index (χ1n) is 6.98. The molecule has 1 saturated carbocycles. The maximum absolute atomic E-state index is 10.8. The van der Waals surface area contributed by atoms with E-state index in [1.807, 2.05) is 0 Å². The molecule has 1 fully saturated rings. The second-order valence-electron chi connectivity index (χ2n) is 5.30. The molecule has 0 spiro atoms. The van der Waals surface area contributed by atoms with Gasteiger partial charge in [0, 0.05) is 17.7 Å². The number of halogens is 1. The van der Waals surface area contributed by atoms with Gasteiger partial charge in [0.05, 0.1) is 12.2 Å². The highest BCUT2D eigenvalue weighted by molar-refractivity contribution is 6.32. The number of ether oxygens (including phenoxy) is 1. The first-order chi connectivity index (χ1) is 10.5.